The van der Waals surface area contributed by atoms with Crippen LogP contribution in [0.5, 0.6) is 0 Å². The number of ether oxygens (including phenoxy) is 1. The summed E-state index contributed by atoms with van der Waals surface area (Å²) in [4.78, 5) is 24.0. The number of carboxylic acids is 1. The fourth-order valence-electron chi connectivity index (χ4n) is 1.85. The van der Waals surface area contributed by atoms with Crippen molar-refractivity contribution in [3.8, 4) is 0 Å². The fraction of sp³-hybridized carbons (Fsp3) is 0.571. The molecule has 0 unspecified atom stereocenters. The molecule has 1 aromatic heterocycles. The van der Waals surface area contributed by atoms with Gasteiger partial charge < -0.3 is 15.2 Å². The standard InChI is InChI=1S/C14H22N2O4S/c1-6-20-14(4,5)7-15-13(19)16-11-10(12(17)18)8(2)9(3)21-11/h6-7H2,1-5H3,(H,17,18)(H2,15,16,19). The molecule has 0 aromatic carbocycles. The topological polar surface area (TPSA) is 87.7 Å². The van der Waals surface area contributed by atoms with E-state index in [0.717, 1.165) is 4.88 Å². The lowest BCUT2D eigenvalue weighted by Gasteiger charge is -2.24. The molecule has 0 bridgehead atoms. The van der Waals surface area contributed by atoms with Gasteiger partial charge in [0.25, 0.3) is 0 Å². The van der Waals surface area contributed by atoms with Crippen LogP contribution in [0.4, 0.5) is 9.80 Å². The highest BCUT2D eigenvalue weighted by molar-refractivity contribution is 7.16. The molecular weight excluding hydrogens is 292 g/mol. The lowest BCUT2D eigenvalue weighted by molar-refractivity contribution is -0.00663. The first-order chi connectivity index (χ1) is 9.68. The molecule has 0 aliphatic carbocycles. The Hall–Kier alpha value is -1.60. The van der Waals surface area contributed by atoms with Gasteiger partial charge in [-0.3, -0.25) is 5.32 Å². The average Bonchev–Trinajstić information content (AvgIpc) is 2.62. The van der Waals surface area contributed by atoms with Crippen LogP contribution in [-0.2, 0) is 4.74 Å². The van der Waals surface area contributed by atoms with Gasteiger partial charge in [-0.25, -0.2) is 9.59 Å². The molecule has 1 aromatic rings. The molecule has 3 N–H and O–H groups in total. The predicted molar refractivity (Wildman–Crippen MR) is 83.5 cm³/mol. The Bertz CT molecular complexity index is 537. The van der Waals surface area contributed by atoms with Crippen LogP contribution in [-0.4, -0.2) is 35.9 Å². The largest absolute Gasteiger partial charge is 0.478 e. The second kappa shape index (κ2) is 6.91. The van der Waals surface area contributed by atoms with Gasteiger partial charge in [0.05, 0.1) is 11.2 Å². The number of carbonyl (C=O) groups excluding carboxylic acids is 1. The molecule has 0 saturated carbocycles. The van der Waals surface area contributed by atoms with Crippen LogP contribution in [0.3, 0.4) is 0 Å². The summed E-state index contributed by atoms with van der Waals surface area (Å²) in [5.41, 5.74) is 0.359. The van der Waals surface area contributed by atoms with E-state index in [1.165, 1.54) is 11.3 Å². The van der Waals surface area contributed by atoms with Gasteiger partial charge in [-0.05, 0) is 40.2 Å². The van der Waals surface area contributed by atoms with Crippen molar-refractivity contribution in [1.29, 1.82) is 0 Å². The number of urea groups is 1. The number of carbonyl (C=O) groups is 2. The van der Waals surface area contributed by atoms with Crippen LogP contribution in [0.1, 0.15) is 41.6 Å². The number of aromatic carboxylic acids is 1. The van der Waals surface area contributed by atoms with Crippen LogP contribution < -0.4 is 10.6 Å². The number of hydrogen-bond acceptors (Lipinski definition) is 4. The zero-order valence-corrected chi connectivity index (χ0v) is 13.8. The number of carboxylic acid groups (broad SMARTS) is 1. The number of thiophene rings is 1. The minimum Gasteiger partial charge on any atom is -0.478 e. The van der Waals surface area contributed by atoms with E-state index in [-0.39, 0.29) is 5.56 Å². The van der Waals surface area contributed by atoms with Crippen LogP contribution in [0.25, 0.3) is 0 Å². The van der Waals surface area contributed by atoms with Gasteiger partial charge >= 0.3 is 12.0 Å². The summed E-state index contributed by atoms with van der Waals surface area (Å²) in [6, 6.07) is -0.438. The van der Waals surface area contributed by atoms with Crippen molar-refractivity contribution in [3.05, 3.63) is 16.0 Å². The molecule has 0 spiro atoms. The molecule has 2 amide bonds. The Morgan fingerprint density at radius 3 is 2.48 bits per heavy atom. The lowest BCUT2D eigenvalue weighted by Crippen LogP contribution is -2.42. The first kappa shape index (κ1) is 17.5. The van der Waals surface area contributed by atoms with E-state index in [4.69, 9.17) is 4.74 Å². The molecule has 21 heavy (non-hydrogen) atoms. The highest BCUT2D eigenvalue weighted by Gasteiger charge is 2.22. The molecule has 6 nitrogen and oxygen atoms in total. The quantitative estimate of drug-likeness (QED) is 0.753. The maximum absolute atomic E-state index is 11.9. The number of hydrogen-bond donors (Lipinski definition) is 3. The molecule has 0 saturated heterocycles. The summed E-state index contributed by atoms with van der Waals surface area (Å²) in [6.07, 6.45) is 0. The monoisotopic (exact) mass is 314 g/mol. The number of rotatable bonds is 6. The fourth-order valence-corrected chi connectivity index (χ4v) is 2.90. The molecule has 1 heterocycles. The van der Waals surface area contributed by atoms with Gasteiger partial charge in [0.15, 0.2) is 0 Å². The maximum Gasteiger partial charge on any atom is 0.338 e. The van der Waals surface area contributed by atoms with E-state index in [1.54, 1.807) is 6.92 Å². The molecule has 1 rings (SSSR count). The molecule has 0 aliphatic rings. The molecule has 0 aliphatic heterocycles. The zero-order valence-electron chi connectivity index (χ0n) is 13.0. The van der Waals surface area contributed by atoms with Crippen molar-refractivity contribution in [2.45, 2.75) is 40.2 Å². The number of aryl methyl sites for hydroxylation is 1. The molecule has 0 fully saturated rings. The zero-order chi connectivity index (χ0) is 16.2. The van der Waals surface area contributed by atoms with Gasteiger partial charge in [-0.15, -0.1) is 11.3 Å². The van der Waals surface area contributed by atoms with Crippen molar-refractivity contribution in [3.63, 3.8) is 0 Å². The number of anilines is 1. The number of amides is 2. The van der Waals surface area contributed by atoms with Crippen molar-refractivity contribution < 1.29 is 19.4 Å². The van der Waals surface area contributed by atoms with Crippen LogP contribution in [0, 0.1) is 13.8 Å². The van der Waals surface area contributed by atoms with Gasteiger partial charge in [-0.1, -0.05) is 0 Å². The Kier molecular flexibility index (Phi) is 5.74. The summed E-state index contributed by atoms with van der Waals surface area (Å²) in [7, 11) is 0. The summed E-state index contributed by atoms with van der Waals surface area (Å²) >= 11 is 1.26. The molecule has 118 valence electrons. The predicted octanol–water partition coefficient (Wildman–Crippen LogP) is 3.00. The van der Waals surface area contributed by atoms with Crippen LogP contribution in [0.2, 0.25) is 0 Å². The second-order valence-electron chi connectivity index (χ2n) is 5.29. The van der Waals surface area contributed by atoms with Crippen LogP contribution in [0.15, 0.2) is 0 Å². The van der Waals surface area contributed by atoms with Crippen molar-refractivity contribution in [2.75, 3.05) is 18.5 Å². The van der Waals surface area contributed by atoms with Crippen molar-refractivity contribution >= 4 is 28.3 Å². The SMILES string of the molecule is CCOC(C)(C)CNC(=O)Nc1sc(C)c(C)c1C(=O)O. The van der Waals surface area contributed by atoms with Crippen molar-refractivity contribution in [1.82, 2.24) is 5.32 Å². The molecule has 0 radical (unpaired) electrons. The first-order valence-electron chi connectivity index (χ1n) is 6.70. The van der Waals surface area contributed by atoms with E-state index in [1.807, 2.05) is 27.7 Å². The van der Waals surface area contributed by atoms with E-state index in [0.29, 0.717) is 23.7 Å². The highest BCUT2D eigenvalue weighted by Crippen LogP contribution is 2.32. The average molecular weight is 314 g/mol. The summed E-state index contributed by atoms with van der Waals surface area (Å²) in [6.45, 7) is 10.1. The first-order valence-corrected chi connectivity index (χ1v) is 7.51. The smallest absolute Gasteiger partial charge is 0.338 e. The Labute approximate surface area is 128 Å². The summed E-state index contributed by atoms with van der Waals surface area (Å²) in [5, 5.41) is 14.9. The third-order valence-corrected chi connectivity index (χ3v) is 4.16. The van der Waals surface area contributed by atoms with Gasteiger partial charge in [-0.2, -0.15) is 0 Å². The third kappa shape index (κ3) is 4.71. The normalized spacial score (nSPS) is 11.3. The van der Waals surface area contributed by atoms with Crippen LogP contribution >= 0.6 is 11.3 Å². The van der Waals surface area contributed by atoms with E-state index in [9.17, 15) is 14.7 Å². The van der Waals surface area contributed by atoms with Crippen molar-refractivity contribution in [2.24, 2.45) is 0 Å². The molecule has 0 atom stereocenters. The second-order valence-corrected chi connectivity index (χ2v) is 6.52. The minimum absolute atomic E-state index is 0.150. The summed E-state index contributed by atoms with van der Waals surface area (Å²) < 4.78 is 5.48. The maximum atomic E-state index is 11.9. The van der Waals surface area contributed by atoms with E-state index in [2.05, 4.69) is 10.6 Å². The van der Waals surface area contributed by atoms with Gasteiger partial charge in [0, 0.05) is 18.0 Å². The van der Waals surface area contributed by atoms with Gasteiger partial charge in [0.2, 0.25) is 0 Å². The third-order valence-electron chi connectivity index (χ3n) is 3.04. The number of nitrogens with one attached hydrogen (secondary N) is 2. The van der Waals surface area contributed by atoms with E-state index < -0.39 is 17.6 Å². The Morgan fingerprint density at radius 1 is 1.33 bits per heavy atom. The lowest BCUT2D eigenvalue weighted by atomic mass is 10.1. The Balaban J connectivity index is 2.72. The van der Waals surface area contributed by atoms with E-state index >= 15 is 0 Å². The summed E-state index contributed by atoms with van der Waals surface area (Å²) in [5.74, 6) is -1.04. The van der Waals surface area contributed by atoms with Gasteiger partial charge in [0.1, 0.15) is 5.00 Å². The molecule has 7 heteroatoms. The highest BCUT2D eigenvalue weighted by atomic mass is 32.1. The Morgan fingerprint density at radius 2 is 1.95 bits per heavy atom. The minimum atomic E-state index is -1.04. The molecular formula is C14H22N2O4S.